The molecule has 0 bridgehead atoms. The van der Waals surface area contributed by atoms with E-state index in [2.05, 4.69) is 60.3 Å². The molecule has 1 aromatic rings. The van der Waals surface area contributed by atoms with Crippen molar-refractivity contribution >= 4 is 12.4 Å². The van der Waals surface area contributed by atoms with Crippen LogP contribution in [0.3, 0.4) is 0 Å². The maximum absolute atomic E-state index is 10.7. The molecule has 0 spiro atoms. The summed E-state index contributed by atoms with van der Waals surface area (Å²) in [5.74, 6) is 0.337. The normalized spacial score (nSPS) is 13.5. The molecular formula is C19H32ClNO. The lowest BCUT2D eigenvalue weighted by Gasteiger charge is -2.29. The van der Waals surface area contributed by atoms with E-state index in [0.717, 1.165) is 16.7 Å². The Kier molecular flexibility index (Phi) is 6.74. The third-order valence-electron chi connectivity index (χ3n) is 3.78. The molecule has 3 N–H and O–H groups in total. The number of phenols is 1. The van der Waals surface area contributed by atoms with E-state index in [1.165, 1.54) is 5.56 Å². The van der Waals surface area contributed by atoms with Crippen LogP contribution >= 0.6 is 12.4 Å². The SMILES string of the molecule is C=C(C)C[C@@H](N)c1cc(C(C)(C)C)cc(C(C)(C)C)c1O.Cl. The van der Waals surface area contributed by atoms with Crippen molar-refractivity contribution < 1.29 is 5.11 Å². The van der Waals surface area contributed by atoms with E-state index < -0.39 is 0 Å². The molecule has 0 saturated carbocycles. The molecule has 2 nitrogen and oxygen atoms in total. The first kappa shape index (κ1) is 21.0. The van der Waals surface area contributed by atoms with E-state index in [0.29, 0.717) is 12.2 Å². The molecule has 0 heterocycles. The Bertz CT molecular complexity index is 536. The highest BCUT2D eigenvalue weighted by molar-refractivity contribution is 5.85. The summed E-state index contributed by atoms with van der Waals surface area (Å²) in [6, 6.07) is 3.95. The van der Waals surface area contributed by atoms with Crippen LogP contribution in [0.5, 0.6) is 5.75 Å². The second kappa shape index (κ2) is 7.06. The highest BCUT2D eigenvalue weighted by atomic mass is 35.5. The van der Waals surface area contributed by atoms with Crippen LogP contribution in [-0.2, 0) is 10.8 Å². The molecule has 0 aliphatic heterocycles. The van der Waals surface area contributed by atoms with Crippen LogP contribution in [-0.4, -0.2) is 5.11 Å². The van der Waals surface area contributed by atoms with E-state index in [9.17, 15) is 5.11 Å². The van der Waals surface area contributed by atoms with Gasteiger partial charge in [0, 0.05) is 11.6 Å². The molecule has 0 fully saturated rings. The van der Waals surface area contributed by atoms with Gasteiger partial charge in [-0.05, 0) is 41.4 Å². The Morgan fingerprint density at radius 1 is 1.14 bits per heavy atom. The van der Waals surface area contributed by atoms with Crippen molar-refractivity contribution in [1.29, 1.82) is 0 Å². The third-order valence-corrected chi connectivity index (χ3v) is 3.78. The van der Waals surface area contributed by atoms with Gasteiger partial charge in [0.05, 0.1) is 0 Å². The van der Waals surface area contributed by atoms with Gasteiger partial charge in [-0.1, -0.05) is 53.2 Å². The van der Waals surface area contributed by atoms with Gasteiger partial charge in [-0.25, -0.2) is 0 Å². The first-order valence-electron chi connectivity index (χ1n) is 7.62. The molecule has 22 heavy (non-hydrogen) atoms. The van der Waals surface area contributed by atoms with Crippen molar-refractivity contribution in [3.8, 4) is 5.75 Å². The molecule has 126 valence electrons. The van der Waals surface area contributed by atoms with Crippen molar-refractivity contribution in [2.75, 3.05) is 0 Å². The first-order chi connectivity index (χ1) is 9.34. The van der Waals surface area contributed by atoms with Crippen LogP contribution in [0.25, 0.3) is 0 Å². The van der Waals surface area contributed by atoms with E-state index in [4.69, 9.17) is 5.73 Å². The van der Waals surface area contributed by atoms with Gasteiger partial charge in [0.25, 0.3) is 0 Å². The Hall–Kier alpha value is -0.990. The number of halogens is 1. The lowest BCUT2D eigenvalue weighted by Crippen LogP contribution is -2.20. The molecule has 0 aromatic heterocycles. The molecule has 0 aliphatic carbocycles. The first-order valence-corrected chi connectivity index (χ1v) is 7.62. The average molecular weight is 326 g/mol. The Morgan fingerprint density at radius 3 is 2.00 bits per heavy atom. The highest BCUT2D eigenvalue weighted by Gasteiger charge is 2.26. The molecule has 0 aliphatic rings. The van der Waals surface area contributed by atoms with Crippen molar-refractivity contribution in [1.82, 2.24) is 0 Å². The monoisotopic (exact) mass is 325 g/mol. The fraction of sp³-hybridized carbons (Fsp3) is 0.579. The molecule has 0 unspecified atom stereocenters. The summed E-state index contributed by atoms with van der Waals surface area (Å²) in [4.78, 5) is 0. The van der Waals surface area contributed by atoms with Gasteiger partial charge in [0.15, 0.2) is 0 Å². The van der Waals surface area contributed by atoms with Gasteiger partial charge in [0.2, 0.25) is 0 Å². The Morgan fingerprint density at radius 2 is 1.64 bits per heavy atom. The highest BCUT2D eigenvalue weighted by Crippen LogP contribution is 2.40. The summed E-state index contributed by atoms with van der Waals surface area (Å²) in [5.41, 5.74) is 10.2. The van der Waals surface area contributed by atoms with Crippen molar-refractivity contribution in [3.63, 3.8) is 0 Å². The van der Waals surface area contributed by atoms with Crippen LogP contribution in [0.1, 0.15) is 77.6 Å². The number of nitrogens with two attached hydrogens (primary N) is 1. The third kappa shape index (κ3) is 5.03. The lowest BCUT2D eigenvalue weighted by atomic mass is 9.78. The predicted octanol–water partition coefficient (Wildman–Crippen LogP) is 5.38. The van der Waals surface area contributed by atoms with Crippen LogP contribution in [0.2, 0.25) is 0 Å². The van der Waals surface area contributed by atoms with Crippen LogP contribution in [0.4, 0.5) is 0 Å². The zero-order valence-electron chi connectivity index (χ0n) is 15.1. The number of rotatable bonds is 3. The number of hydrogen-bond donors (Lipinski definition) is 2. The molecule has 1 atom stereocenters. The fourth-order valence-corrected chi connectivity index (χ4v) is 2.43. The van der Waals surface area contributed by atoms with Gasteiger partial charge in [-0.2, -0.15) is 0 Å². The molecule has 0 saturated heterocycles. The largest absolute Gasteiger partial charge is 0.507 e. The smallest absolute Gasteiger partial charge is 0.124 e. The molecule has 1 aromatic carbocycles. The molecule has 1 rings (SSSR count). The van der Waals surface area contributed by atoms with Crippen LogP contribution in [0, 0.1) is 0 Å². The second-order valence-electron chi connectivity index (χ2n) is 8.23. The van der Waals surface area contributed by atoms with E-state index in [1.54, 1.807) is 0 Å². The number of aromatic hydroxyl groups is 1. The Balaban J connectivity index is 0.00000441. The maximum Gasteiger partial charge on any atom is 0.124 e. The minimum atomic E-state index is -0.217. The molecule has 0 radical (unpaired) electrons. The summed E-state index contributed by atoms with van der Waals surface area (Å²) < 4.78 is 0. The van der Waals surface area contributed by atoms with E-state index in [1.807, 2.05) is 6.92 Å². The van der Waals surface area contributed by atoms with Gasteiger partial charge < -0.3 is 10.8 Å². The zero-order valence-corrected chi connectivity index (χ0v) is 15.9. The van der Waals surface area contributed by atoms with Crippen LogP contribution in [0.15, 0.2) is 24.3 Å². The summed E-state index contributed by atoms with van der Waals surface area (Å²) in [6.07, 6.45) is 0.685. The summed E-state index contributed by atoms with van der Waals surface area (Å²) >= 11 is 0. The van der Waals surface area contributed by atoms with Crippen molar-refractivity contribution in [2.24, 2.45) is 5.73 Å². The van der Waals surface area contributed by atoms with Gasteiger partial charge in [-0.15, -0.1) is 19.0 Å². The molecular weight excluding hydrogens is 294 g/mol. The minimum Gasteiger partial charge on any atom is -0.507 e. The molecule has 3 heteroatoms. The topological polar surface area (TPSA) is 46.2 Å². The van der Waals surface area contributed by atoms with Crippen molar-refractivity contribution in [3.05, 3.63) is 41.0 Å². The number of hydrogen-bond acceptors (Lipinski definition) is 2. The zero-order chi connectivity index (χ0) is 16.6. The minimum absolute atomic E-state index is 0. The standard InChI is InChI=1S/C19H31NO.ClH/c1-12(2)9-16(20)14-10-13(18(3,4)5)11-15(17(14)21)19(6,7)8;/h10-11,16,21H,1,9,20H2,2-8H3;1H/t16-;/m1./s1. The summed E-state index contributed by atoms with van der Waals surface area (Å²) in [7, 11) is 0. The second-order valence-corrected chi connectivity index (χ2v) is 8.23. The summed E-state index contributed by atoms with van der Waals surface area (Å²) in [6.45, 7) is 18.8. The van der Waals surface area contributed by atoms with Crippen LogP contribution < -0.4 is 5.73 Å². The predicted molar refractivity (Wildman–Crippen MR) is 99.1 cm³/mol. The van der Waals surface area contributed by atoms with E-state index >= 15 is 0 Å². The fourth-order valence-electron chi connectivity index (χ4n) is 2.43. The Labute approximate surface area is 142 Å². The number of benzene rings is 1. The molecule has 0 amide bonds. The van der Waals surface area contributed by atoms with E-state index in [-0.39, 0.29) is 29.3 Å². The lowest BCUT2D eigenvalue weighted by molar-refractivity contribution is 0.432. The quantitative estimate of drug-likeness (QED) is 0.733. The van der Waals surface area contributed by atoms with Crippen molar-refractivity contribution in [2.45, 2.75) is 71.8 Å². The number of phenolic OH excluding ortho intramolecular Hbond substituents is 1. The van der Waals surface area contributed by atoms with Gasteiger partial charge in [0.1, 0.15) is 5.75 Å². The maximum atomic E-state index is 10.7. The average Bonchev–Trinajstić information content (AvgIpc) is 2.24. The van der Waals surface area contributed by atoms with Gasteiger partial charge in [-0.3, -0.25) is 0 Å². The van der Waals surface area contributed by atoms with Gasteiger partial charge >= 0.3 is 0 Å². The summed E-state index contributed by atoms with van der Waals surface area (Å²) in [5, 5.41) is 10.7.